The van der Waals surface area contributed by atoms with E-state index in [1.165, 1.54) is 5.57 Å². The molecular formula is C15H21NO2. The minimum Gasteiger partial charge on any atom is -0.492 e. The average Bonchev–Trinajstić information content (AvgIpc) is 2.53. The van der Waals surface area contributed by atoms with E-state index in [0.29, 0.717) is 6.61 Å². The summed E-state index contributed by atoms with van der Waals surface area (Å²) in [6.45, 7) is 11.6. The Morgan fingerprint density at radius 2 is 2.00 bits per heavy atom. The molecule has 2 rings (SSSR count). The molecule has 0 saturated carbocycles. The molecule has 1 aliphatic rings. The molecule has 3 nitrogen and oxygen atoms in total. The molecule has 1 aliphatic heterocycles. The van der Waals surface area contributed by atoms with Crippen molar-refractivity contribution in [3.63, 3.8) is 0 Å². The topological polar surface area (TPSA) is 42.1 Å². The summed E-state index contributed by atoms with van der Waals surface area (Å²) in [6.07, 6.45) is 1.67. The summed E-state index contributed by atoms with van der Waals surface area (Å²) >= 11 is 0. The normalized spacial score (nSPS) is 18.9. The first-order valence-electron chi connectivity index (χ1n) is 6.29. The van der Waals surface area contributed by atoms with Crippen molar-refractivity contribution in [3.05, 3.63) is 39.8 Å². The highest BCUT2D eigenvalue weighted by molar-refractivity contribution is 5.67. The molecule has 2 heterocycles. The van der Waals surface area contributed by atoms with E-state index >= 15 is 0 Å². The highest BCUT2D eigenvalue weighted by Gasteiger charge is 2.41. The van der Waals surface area contributed by atoms with Crippen molar-refractivity contribution >= 4 is 5.76 Å². The lowest BCUT2D eigenvalue weighted by Gasteiger charge is -2.30. The molecule has 0 aromatic carbocycles. The number of H-pyrrole nitrogens is 1. The van der Waals surface area contributed by atoms with Crippen LogP contribution in [0, 0.1) is 10.8 Å². The van der Waals surface area contributed by atoms with E-state index in [9.17, 15) is 4.79 Å². The number of rotatable bonds is 1. The van der Waals surface area contributed by atoms with Crippen LogP contribution in [0.1, 0.15) is 40.2 Å². The van der Waals surface area contributed by atoms with Crippen LogP contribution in [0.3, 0.4) is 0 Å². The van der Waals surface area contributed by atoms with Crippen molar-refractivity contribution < 1.29 is 4.74 Å². The zero-order chi connectivity index (χ0) is 13.6. The molecule has 0 unspecified atom stereocenters. The Labute approximate surface area is 108 Å². The van der Waals surface area contributed by atoms with Crippen LogP contribution in [-0.2, 0) is 4.74 Å². The molecule has 98 valence electrons. The molecule has 1 aromatic heterocycles. The fourth-order valence-electron chi connectivity index (χ4n) is 2.87. The lowest BCUT2D eigenvalue weighted by Crippen LogP contribution is -2.24. The van der Waals surface area contributed by atoms with Gasteiger partial charge in [-0.3, -0.25) is 4.79 Å². The number of aromatic amines is 1. The first-order chi connectivity index (χ1) is 8.22. The molecule has 0 amide bonds. The molecule has 0 saturated heterocycles. The molecule has 18 heavy (non-hydrogen) atoms. The van der Waals surface area contributed by atoms with E-state index in [1.54, 1.807) is 12.3 Å². The average molecular weight is 247 g/mol. The lowest BCUT2D eigenvalue weighted by atomic mass is 9.71. The van der Waals surface area contributed by atoms with Crippen LogP contribution in [0.4, 0.5) is 0 Å². The maximum absolute atomic E-state index is 11.4. The highest BCUT2D eigenvalue weighted by atomic mass is 16.5. The molecule has 0 aliphatic carbocycles. The van der Waals surface area contributed by atoms with Gasteiger partial charge in [0.2, 0.25) is 5.56 Å². The molecule has 0 bridgehead atoms. The first-order valence-corrected chi connectivity index (χ1v) is 6.29. The number of hydrogen-bond acceptors (Lipinski definition) is 2. The van der Waals surface area contributed by atoms with Crippen LogP contribution in [-0.4, -0.2) is 11.6 Å². The van der Waals surface area contributed by atoms with Crippen molar-refractivity contribution in [1.82, 2.24) is 4.98 Å². The van der Waals surface area contributed by atoms with Gasteiger partial charge in [-0.25, -0.2) is 0 Å². The quantitative estimate of drug-likeness (QED) is 0.828. The first kappa shape index (κ1) is 12.9. The summed E-state index contributed by atoms with van der Waals surface area (Å²) in [6, 6.07) is 3.49. The van der Waals surface area contributed by atoms with E-state index in [1.807, 2.05) is 6.07 Å². The monoisotopic (exact) mass is 247 g/mol. The Morgan fingerprint density at radius 3 is 2.56 bits per heavy atom. The van der Waals surface area contributed by atoms with Crippen molar-refractivity contribution in [2.45, 2.75) is 34.6 Å². The third-order valence-corrected chi connectivity index (χ3v) is 3.27. The highest BCUT2D eigenvalue weighted by Crippen LogP contribution is 2.49. The molecule has 1 aromatic rings. The maximum Gasteiger partial charge on any atom is 0.248 e. The smallest absolute Gasteiger partial charge is 0.248 e. The maximum atomic E-state index is 11.4. The lowest BCUT2D eigenvalue weighted by molar-refractivity contribution is 0.213. The summed E-state index contributed by atoms with van der Waals surface area (Å²) in [5, 5.41) is 0. The van der Waals surface area contributed by atoms with Gasteiger partial charge in [0, 0.05) is 23.2 Å². The molecular weight excluding hydrogens is 226 g/mol. The summed E-state index contributed by atoms with van der Waals surface area (Å²) in [4.78, 5) is 14.1. The van der Waals surface area contributed by atoms with Gasteiger partial charge < -0.3 is 9.72 Å². The predicted octanol–water partition coefficient (Wildman–Crippen LogP) is 3.19. The second-order valence-corrected chi connectivity index (χ2v) is 6.57. The Balaban J connectivity index is 2.63. The van der Waals surface area contributed by atoms with Crippen molar-refractivity contribution in [1.29, 1.82) is 0 Å². The number of pyridine rings is 1. The van der Waals surface area contributed by atoms with E-state index < -0.39 is 0 Å². The van der Waals surface area contributed by atoms with Crippen LogP contribution in [0.2, 0.25) is 0 Å². The van der Waals surface area contributed by atoms with Gasteiger partial charge >= 0.3 is 0 Å². The minimum atomic E-state index is -0.0958. The van der Waals surface area contributed by atoms with Crippen LogP contribution in [0.15, 0.2) is 28.7 Å². The van der Waals surface area contributed by atoms with Gasteiger partial charge in [0.15, 0.2) is 0 Å². The van der Waals surface area contributed by atoms with E-state index in [4.69, 9.17) is 4.74 Å². The van der Waals surface area contributed by atoms with Crippen molar-refractivity contribution in [2.75, 3.05) is 6.61 Å². The number of hydrogen-bond donors (Lipinski definition) is 1. The molecule has 0 atom stereocenters. The Bertz CT molecular complexity index is 544. The van der Waals surface area contributed by atoms with E-state index in [-0.39, 0.29) is 16.4 Å². The van der Waals surface area contributed by atoms with Crippen LogP contribution in [0.25, 0.3) is 5.76 Å². The number of nitrogens with one attached hydrogen (secondary N) is 1. The largest absolute Gasteiger partial charge is 0.492 e. The van der Waals surface area contributed by atoms with Gasteiger partial charge in [-0.15, -0.1) is 0 Å². The summed E-state index contributed by atoms with van der Waals surface area (Å²) in [7, 11) is 0. The van der Waals surface area contributed by atoms with Gasteiger partial charge in [-0.2, -0.15) is 0 Å². The standard InChI is InChI=1S/C15H21NO2/c1-14(2,3)13-12(18-9-15(13,4)5)10-6-7-16-11(17)8-10/h6-8H,9H2,1-5H3,(H,16,17). The zero-order valence-electron chi connectivity index (χ0n) is 11.8. The van der Waals surface area contributed by atoms with Gasteiger partial charge in [-0.1, -0.05) is 34.6 Å². The fraction of sp³-hybridized carbons (Fsp3) is 0.533. The Kier molecular flexibility index (Phi) is 2.88. The Hall–Kier alpha value is -1.51. The van der Waals surface area contributed by atoms with E-state index in [0.717, 1.165) is 11.3 Å². The third-order valence-electron chi connectivity index (χ3n) is 3.27. The minimum absolute atomic E-state index is 0.0101. The van der Waals surface area contributed by atoms with Crippen LogP contribution in [0.5, 0.6) is 0 Å². The van der Waals surface area contributed by atoms with Crippen LogP contribution < -0.4 is 5.56 Å². The molecule has 3 heteroatoms. The van der Waals surface area contributed by atoms with Gasteiger partial charge in [0.05, 0.1) is 6.61 Å². The second-order valence-electron chi connectivity index (χ2n) is 6.57. The van der Waals surface area contributed by atoms with Crippen LogP contribution >= 0.6 is 0 Å². The third kappa shape index (κ3) is 2.22. The zero-order valence-corrected chi connectivity index (χ0v) is 11.8. The molecule has 0 radical (unpaired) electrons. The van der Waals surface area contributed by atoms with E-state index in [2.05, 4.69) is 39.6 Å². The predicted molar refractivity (Wildman–Crippen MR) is 73.2 cm³/mol. The fourth-order valence-corrected chi connectivity index (χ4v) is 2.87. The van der Waals surface area contributed by atoms with Gasteiger partial charge in [0.1, 0.15) is 5.76 Å². The van der Waals surface area contributed by atoms with Gasteiger partial charge in [-0.05, 0) is 17.1 Å². The Morgan fingerprint density at radius 1 is 1.33 bits per heavy atom. The van der Waals surface area contributed by atoms with Crippen molar-refractivity contribution in [2.24, 2.45) is 10.8 Å². The van der Waals surface area contributed by atoms with Crippen molar-refractivity contribution in [3.8, 4) is 0 Å². The molecule has 0 fully saturated rings. The summed E-state index contributed by atoms with van der Waals surface area (Å²) in [5.41, 5.74) is 2.09. The molecule has 0 spiro atoms. The second kappa shape index (κ2) is 4.01. The molecule has 1 N–H and O–H groups in total. The number of aromatic nitrogens is 1. The number of ether oxygens (including phenoxy) is 1. The summed E-state index contributed by atoms with van der Waals surface area (Å²) in [5.74, 6) is 0.874. The summed E-state index contributed by atoms with van der Waals surface area (Å²) < 4.78 is 5.88. The SMILES string of the molecule is CC(C)(C)C1=C(c2cc[nH]c(=O)c2)OCC1(C)C. The van der Waals surface area contributed by atoms with Gasteiger partial charge in [0.25, 0.3) is 0 Å².